The average Bonchev–Trinajstić information content (AvgIpc) is 2.51. The minimum Gasteiger partial charge on any atom is -0.375 e. The van der Waals surface area contributed by atoms with Gasteiger partial charge in [-0.2, -0.15) is 0 Å². The summed E-state index contributed by atoms with van der Waals surface area (Å²) in [6.45, 7) is 1.99. The van der Waals surface area contributed by atoms with Crippen LogP contribution in [0.2, 0.25) is 0 Å². The molecule has 0 saturated carbocycles. The molecule has 1 heterocycles. The number of carbonyl (C=O) groups excluding carboxylic acids is 1. The SMILES string of the molecule is COCC(=O)N(C)c1nc(C)cs1. The maximum absolute atomic E-state index is 11.3. The molecule has 1 rings (SSSR count). The van der Waals surface area contributed by atoms with Gasteiger partial charge in [0, 0.05) is 19.5 Å². The number of carbonyl (C=O) groups is 1. The van der Waals surface area contributed by atoms with Crippen LogP contribution in [0, 0.1) is 6.92 Å². The van der Waals surface area contributed by atoms with E-state index in [-0.39, 0.29) is 12.5 Å². The van der Waals surface area contributed by atoms with E-state index in [9.17, 15) is 4.79 Å². The Morgan fingerprint density at radius 1 is 1.77 bits per heavy atom. The van der Waals surface area contributed by atoms with Gasteiger partial charge in [0.1, 0.15) is 6.61 Å². The lowest BCUT2D eigenvalue weighted by Gasteiger charge is -2.12. The molecule has 0 aliphatic heterocycles. The van der Waals surface area contributed by atoms with Crippen molar-refractivity contribution in [2.24, 2.45) is 0 Å². The van der Waals surface area contributed by atoms with E-state index in [0.717, 1.165) is 5.69 Å². The zero-order chi connectivity index (χ0) is 9.84. The van der Waals surface area contributed by atoms with Crippen molar-refractivity contribution < 1.29 is 9.53 Å². The van der Waals surface area contributed by atoms with Gasteiger partial charge in [-0.25, -0.2) is 4.98 Å². The van der Waals surface area contributed by atoms with Crippen LogP contribution in [-0.2, 0) is 9.53 Å². The Kier molecular flexibility index (Phi) is 3.39. The Bertz CT molecular complexity index is 298. The molecule has 0 unspecified atom stereocenters. The van der Waals surface area contributed by atoms with E-state index < -0.39 is 0 Å². The first-order valence-electron chi connectivity index (χ1n) is 3.82. The molecule has 13 heavy (non-hydrogen) atoms. The molecule has 1 aromatic rings. The highest BCUT2D eigenvalue weighted by Gasteiger charge is 2.12. The van der Waals surface area contributed by atoms with E-state index in [2.05, 4.69) is 4.98 Å². The standard InChI is InChI=1S/C8H12N2O2S/c1-6-5-13-8(9-6)10(2)7(11)4-12-3/h5H,4H2,1-3H3. The predicted octanol–water partition coefficient (Wildman–Crippen LogP) is 1.06. The summed E-state index contributed by atoms with van der Waals surface area (Å²) >= 11 is 1.45. The third-order valence-corrected chi connectivity index (χ3v) is 2.57. The lowest BCUT2D eigenvalue weighted by atomic mass is 10.6. The summed E-state index contributed by atoms with van der Waals surface area (Å²) in [5.41, 5.74) is 0.928. The fourth-order valence-electron chi connectivity index (χ4n) is 0.823. The van der Waals surface area contributed by atoms with Crippen LogP contribution in [0.25, 0.3) is 0 Å². The van der Waals surface area contributed by atoms with E-state index in [1.807, 2.05) is 12.3 Å². The smallest absolute Gasteiger partial charge is 0.254 e. The van der Waals surface area contributed by atoms with Crippen LogP contribution in [0.3, 0.4) is 0 Å². The second-order valence-electron chi connectivity index (χ2n) is 2.66. The summed E-state index contributed by atoms with van der Waals surface area (Å²) in [7, 11) is 3.19. The van der Waals surface area contributed by atoms with Gasteiger partial charge in [-0.1, -0.05) is 0 Å². The number of methoxy groups -OCH3 is 1. The van der Waals surface area contributed by atoms with Crippen LogP contribution in [0.4, 0.5) is 5.13 Å². The molecule has 0 radical (unpaired) electrons. The number of thiazole rings is 1. The molecule has 0 bridgehead atoms. The Balaban J connectivity index is 2.67. The van der Waals surface area contributed by atoms with Gasteiger partial charge in [0.2, 0.25) is 0 Å². The number of aromatic nitrogens is 1. The van der Waals surface area contributed by atoms with Gasteiger partial charge < -0.3 is 4.74 Å². The molecule has 0 spiro atoms. The molecule has 72 valence electrons. The van der Waals surface area contributed by atoms with Crippen molar-refractivity contribution in [3.05, 3.63) is 11.1 Å². The molecule has 0 aromatic carbocycles. The summed E-state index contributed by atoms with van der Waals surface area (Å²) in [4.78, 5) is 17.0. The normalized spacial score (nSPS) is 10.1. The zero-order valence-electron chi connectivity index (χ0n) is 7.90. The predicted molar refractivity (Wildman–Crippen MR) is 52.1 cm³/mol. The van der Waals surface area contributed by atoms with E-state index in [4.69, 9.17) is 4.74 Å². The minimum atomic E-state index is -0.0862. The van der Waals surface area contributed by atoms with Gasteiger partial charge in [0.15, 0.2) is 5.13 Å². The van der Waals surface area contributed by atoms with Gasteiger partial charge in [-0.05, 0) is 6.92 Å². The Labute approximate surface area is 81.2 Å². The molecule has 0 atom stereocenters. The monoisotopic (exact) mass is 200 g/mol. The highest BCUT2D eigenvalue weighted by Crippen LogP contribution is 2.18. The highest BCUT2D eigenvalue weighted by atomic mass is 32.1. The van der Waals surface area contributed by atoms with Gasteiger partial charge in [-0.15, -0.1) is 11.3 Å². The summed E-state index contributed by atoms with van der Waals surface area (Å²) in [5.74, 6) is -0.0862. The van der Waals surface area contributed by atoms with Crippen molar-refractivity contribution in [3.63, 3.8) is 0 Å². The summed E-state index contributed by atoms with van der Waals surface area (Å²) in [5, 5.41) is 2.62. The Morgan fingerprint density at radius 3 is 2.92 bits per heavy atom. The number of hydrogen-bond donors (Lipinski definition) is 0. The van der Waals surface area contributed by atoms with Crippen LogP contribution in [0.1, 0.15) is 5.69 Å². The Hall–Kier alpha value is -0.940. The van der Waals surface area contributed by atoms with Crippen molar-refractivity contribution in [2.45, 2.75) is 6.92 Å². The first kappa shape index (κ1) is 10.1. The first-order chi connectivity index (χ1) is 6.15. The zero-order valence-corrected chi connectivity index (χ0v) is 8.72. The van der Waals surface area contributed by atoms with E-state index in [0.29, 0.717) is 5.13 Å². The molecule has 0 aliphatic carbocycles. The molecule has 0 N–H and O–H groups in total. The van der Waals surface area contributed by atoms with E-state index in [1.54, 1.807) is 7.05 Å². The molecule has 1 aromatic heterocycles. The largest absolute Gasteiger partial charge is 0.375 e. The fourth-order valence-corrected chi connectivity index (χ4v) is 1.61. The number of anilines is 1. The third kappa shape index (κ3) is 2.50. The third-order valence-electron chi connectivity index (χ3n) is 1.54. The molecular formula is C8H12N2O2S. The number of amides is 1. The van der Waals surface area contributed by atoms with Crippen molar-refractivity contribution in [1.82, 2.24) is 4.98 Å². The number of ether oxygens (including phenoxy) is 1. The van der Waals surface area contributed by atoms with Crippen LogP contribution >= 0.6 is 11.3 Å². The minimum absolute atomic E-state index is 0.0862. The van der Waals surface area contributed by atoms with Gasteiger partial charge >= 0.3 is 0 Å². The van der Waals surface area contributed by atoms with Crippen LogP contribution < -0.4 is 4.90 Å². The molecule has 5 heteroatoms. The lowest BCUT2D eigenvalue weighted by Crippen LogP contribution is -2.29. The van der Waals surface area contributed by atoms with Crippen LogP contribution in [0.5, 0.6) is 0 Å². The van der Waals surface area contributed by atoms with Gasteiger partial charge in [0.05, 0.1) is 5.69 Å². The average molecular weight is 200 g/mol. The van der Waals surface area contributed by atoms with Gasteiger partial charge in [0.25, 0.3) is 5.91 Å². The maximum Gasteiger partial charge on any atom is 0.254 e. The maximum atomic E-state index is 11.3. The molecular weight excluding hydrogens is 188 g/mol. The topological polar surface area (TPSA) is 42.4 Å². The number of rotatable bonds is 3. The van der Waals surface area contributed by atoms with Crippen molar-refractivity contribution in [3.8, 4) is 0 Å². The van der Waals surface area contributed by atoms with E-state index in [1.165, 1.54) is 23.3 Å². The second kappa shape index (κ2) is 4.34. The van der Waals surface area contributed by atoms with Crippen molar-refractivity contribution in [1.29, 1.82) is 0 Å². The quantitative estimate of drug-likeness (QED) is 0.732. The Morgan fingerprint density at radius 2 is 2.46 bits per heavy atom. The summed E-state index contributed by atoms with van der Waals surface area (Å²) < 4.78 is 4.74. The molecule has 1 amide bonds. The second-order valence-corrected chi connectivity index (χ2v) is 3.49. The summed E-state index contributed by atoms with van der Waals surface area (Å²) in [6, 6.07) is 0. The van der Waals surface area contributed by atoms with Crippen molar-refractivity contribution >= 4 is 22.4 Å². The number of hydrogen-bond acceptors (Lipinski definition) is 4. The first-order valence-corrected chi connectivity index (χ1v) is 4.70. The van der Waals surface area contributed by atoms with Crippen LogP contribution in [-0.4, -0.2) is 31.7 Å². The highest BCUT2D eigenvalue weighted by molar-refractivity contribution is 7.14. The number of likely N-dealkylation sites (N-methyl/N-ethyl adjacent to an activating group) is 1. The number of aryl methyl sites for hydroxylation is 1. The molecule has 0 saturated heterocycles. The van der Waals surface area contributed by atoms with Gasteiger partial charge in [-0.3, -0.25) is 9.69 Å². The van der Waals surface area contributed by atoms with Crippen molar-refractivity contribution in [2.75, 3.05) is 25.7 Å². The van der Waals surface area contributed by atoms with E-state index >= 15 is 0 Å². The fraction of sp³-hybridized carbons (Fsp3) is 0.500. The molecule has 4 nitrogen and oxygen atoms in total. The van der Waals surface area contributed by atoms with Crippen LogP contribution in [0.15, 0.2) is 5.38 Å². The summed E-state index contributed by atoms with van der Waals surface area (Å²) in [6.07, 6.45) is 0. The lowest BCUT2D eigenvalue weighted by molar-refractivity contribution is -0.121. The molecule has 0 fully saturated rings. The molecule has 0 aliphatic rings. The number of nitrogens with zero attached hydrogens (tertiary/aromatic N) is 2.